The van der Waals surface area contributed by atoms with Gasteiger partial charge in [0.05, 0.1) is 7.11 Å². The van der Waals surface area contributed by atoms with Crippen molar-refractivity contribution in [2.45, 2.75) is 18.8 Å². The highest BCUT2D eigenvalue weighted by Crippen LogP contribution is 2.42. The minimum absolute atomic E-state index is 0.336. The highest BCUT2D eigenvalue weighted by Gasteiger charge is 2.27. The number of aromatic nitrogens is 2. The Morgan fingerprint density at radius 3 is 2.95 bits per heavy atom. The molecule has 1 aromatic heterocycles. The highest BCUT2D eigenvalue weighted by atomic mass is 32.1. The van der Waals surface area contributed by atoms with Gasteiger partial charge in [0.2, 0.25) is 5.13 Å². The summed E-state index contributed by atoms with van der Waals surface area (Å²) >= 11 is 1.43. The topological polar surface area (TPSA) is 76.1 Å². The van der Waals surface area contributed by atoms with Gasteiger partial charge in [0.25, 0.3) is 0 Å². The standard InChI is InChI=1S/C13H14N4O2S/c1-19-10-4-2-3-9(7-10)14-12(18)15-13-17-16-11(20-13)8-5-6-8/h2-4,7-8H,5-6H2,1H3,(H2,14,15,17,18). The lowest BCUT2D eigenvalue weighted by molar-refractivity contribution is 0.262. The summed E-state index contributed by atoms with van der Waals surface area (Å²) in [7, 11) is 1.58. The van der Waals surface area contributed by atoms with E-state index in [0.717, 1.165) is 5.01 Å². The third-order valence-electron chi connectivity index (χ3n) is 2.92. The van der Waals surface area contributed by atoms with Crippen LogP contribution in [0.5, 0.6) is 5.75 Å². The van der Waals surface area contributed by atoms with Crippen LogP contribution in [0.1, 0.15) is 23.8 Å². The molecule has 0 atom stereocenters. The quantitative estimate of drug-likeness (QED) is 0.907. The van der Waals surface area contributed by atoms with E-state index in [4.69, 9.17) is 4.74 Å². The van der Waals surface area contributed by atoms with E-state index in [2.05, 4.69) is 20.8 Å². The maximum absolute atomic E-state index is 11.9. The van der Waals surface area contributed by atoms with Crippen molar-refractivity contribution in [2.24, 2.45) is 0 Å². The summed E-state index contributed by atoms with van der Waals surface area (Å²) in [4.78, 5) is 11.9. The molecule has 0 radical (unpaired) electrons. The Kier molecular flexibility index (Phi) is 3.51. The number of carbonyl (C=O) groups excluding carboxylic acids is 1. The third kappa shape index (κ3) is 3.05. The minimum atomic E-state index is -0.336. The molecule has 104 valence electrons. The summed E-state index contributed by atoms with van der Waals surface area (Å²) in [5.74, 6) is 1.24. The van der Waals surface area contributed by atoms with E-state index >= 15 is 0 Å². The molecule has 20 heavy (non-hydrogen) atoms. The number of nitrogens with one attached hydrogen (secondary N) is 2. The lowest BCUT2D eigenvalue weighted by Crippen LogP contribution is -2.19. The van der Waals surface area contributed by atoms with Crippen molar-refractivity contribution in [3.05, 3.63) is 29.3 Å². The first-order valence-electron chi connectivity index (χ1n) is 6.30. The van der Waals surface area contributed by atoms with E-state index in [0.29, 0.717) is 22.5 Å². The second-order valence-corrected chi connectivity index (χ2v) is 5.54. The molecular weight excluding hydrogens is 276 g/mol. The Bertz CT molecular complexity index is 624. The first-order chi connectivity index (χ1) is 9.74. The zero-order valence-electron chi connectivity index (χ0n) is 10.9. The number of hydrogen-bond donors (Lipinski definition) is 2. The van der Waals surface area contributed by atoms with Crippen LogP contribution in [0.2, 0.25) is 0 Å². The first kappa shape index (κ1) is 12.9. The molecule has 2 aromatic rings. The number of amides is 2. The summed E-state index contributed by atoms with van der Waals surface area (Å²) in [6, 6.07) is 6.82. The van der Waals surface area contributed by atoms with Crippen LogP contribution in [-0.4, -0.2) is 23.3 Å². The lowest BCUT2D eigenvalue weighted by Gasteiger charge is -2.06. The van der Waals surface area contributed by atoms with Crippen LogP contribution in [0, 0.1) is 0 Å². The van der Waals surface area contributed by atoms with E-state index in [1.165, 1.54) is 24.2 Å². The van der Waals surface area contributed by atoms with E-state index < -0.39 is 0 Å². The zero-order valence-corrected chi connectivity index (χ0v) is 11.7. The number of ether oxygens (including phenoxy) is 1. The number of hydrogen-bond acceptors (Lipinski definition) is 5. The second-order valence-electron chi connectivity index (χ2n) is 4.53. The Morgan fingerprint density at radius 1 is 1.35 bits per heavy atom. The number of urea groups is 1. The predicted octanol–water partition coefficient (Wildman–Crippen LogP) is 3.07. The molecule has 1 fully saturated rings. The predicted molar refractivity (Wildman–Crippen MR) is 77.5 cm³/mol. The summed E-state index contributed by atoms with van der Waals surface area (Å²) in [6.07, 6.45) is 2.34. The van der Waals surface area contributed by atoms with Crippen molar-refractivity contribution in [3.63, 3.8) is 0 Å². The normalized spacial score (nSPS) is 13.8. The molecule has 2 amide bonds. The molecule has 1 aromatic carbocycles. The van der Waals surface area contributed by atoms with Crippen molar-refractivity contribution in [2.75, 3.05) is 17.7 Å². The van der Waals surface area contributed by atoms with Crippen LogP contribution in [-0.2, 0) is 0 Å². The molecule has 0 bridgehead atoms. The van der Waals surface area contributed by atoms with E-state index in [1.54, 1.807) is 19.2 Å². The van der Waals surface area contributed by atoms with Gasteiger partial charge in [-0.25, -0.2) is 4.79 Å². The van der Waals surface area contributed by atoms with Gasteiger partial charge in [-0.2, -0.15) is 0 Å². The van der Waals surface area contributed by atoms with E-state index in [-0.39, 0.29) is 6.03 Å². The zero-order chi connectivity index (χ0) is 13.9. The van der Waals surface area contributed by atoms with Crippen LogP contribution in [0.3, 0.4) is 0 Å². The maximum atomic E-state index is 11.9. The van der Waals surface area contributed by atoms with Gasteiger partial charge in [-0.15, -0.1) is 10.2 Å². The van der Waals surface area contributed by atoms with Crippen LogP contribution in [0.25, 0.3) is 0 Å². The fourth-order valence-electron chi connectivity index (χ4n) is 1.74. The first-order valence-corrected chi connectivity index (χ1v) is 7.11. The van der Waals surface area contributed by atoms with Gasteiger partial charge in [0.1, 0.15) is 10.8 Å². The molecule has 1 aliphatic carbocycles. The Labute approximate surface area is 120 Å². The van der Waals surface area contributed by atoms with Gasteiger partial charge in [-0.05, 0) is 25.0 Å². The minimum Gasteiger partial charge on any atom is -0.497 e. The fourth-order valence-corrected chi connectivity index (χ4v) is 2.65. The van der Waals surface area contributed by atoms with Gasteiger partial charge in [-0.1, -0.05) is 17.4 Å². The number of carbonyl (C=O) groups is 1. The highest BCUT2D eigenvalue weighted by molar-refractivity contribution is 7.15. The van der Waals surface area contributed by atoms with Crippen LogP contribution >= 0.6 is 11.3 Å². The lowest BCUT2D eigenvalue weighted by atomic mass is 10.3. The van der Waals surface area contributed by atoms with Crippen molar-refractivity contribution >= 4 is 28.2 Å². The second kappa shape index (κ2) is 5.46. The van der Waals surface area contributed by atoms with Crippen molar-refractivity contribution in [1.82, 2.24) is 10.2 Å². The molecule has 1 saturated carbocycles. The molecule has 1 heterocycles. The SMILES string of the molecule is COc1cccc(NC(=O)Nc2nnc(C3CC3)s2)c1. The van der Waals surface area contributed by atoms with Gasteiger partial charge < -0.3 is 10.1 Å². The molecule has 0 unspecified atom stereocenters. The molecule has 0 spiro atoms. The summed E-state index contributed by atoms with van der Waals surface area (Å²) in [5.41, 5.74) is 0.661. The summed E-state index contributed by atoms with van der Waals surface area (Å²) in [5, 5.41) is 15.0. The Balaban J connectivity index is 1.60. The maximum Gasteiger partial charge on any atom is 0.325 e. The van der Waals surface area contributed by atoms with E-state index in [9.17, 15) is 4.79 Å². The van der Waals surface area contributed by atoms with Crippen LogP contribution < -0.4 is 15.4 Å². The molecule has 6 nitrogen and oxygen atoms in total. The monoisotopic (exact) mass is 290 g/mol. The molecule has 1 aliphatic rings. The van der Waals surface area contributed by atoms with Crippen LogP contribution in [0.15, 0.2) is 24.3 Å². The number of anilines is 2. The van der Waals surface area contributed by atoms with Crippen molar-refractivity contribution in [3.8, 4) is 5.75 Å². The number of rotatable bonds is 4. The van der Waals surface area contributed by atoms with Crippen molar-refractivity contribution in [1.29, 1.82) is 0 Å². The van der Waals surface area contributed by atoms with Gasteiger partial charge in [0, 0.05) is 17.7 Å². The average molecular weight is 290 g/mol. The molecular formula is C13H14N4O2S. The average Bonchev–Trinajstić information content (AvgIpc) is 3.20. The fraction of sp³-hybridized carbons (Fsp3) is 0.308. The molecule has 7 heteroatoms. The smallest absolute Gasteiger partial charge is 0.325 e. The van der Waals surface area contributed by atoms with E-state index in [1.807, 2.05) is 12.1 Å². The summed E-state index contributed by atoms with van der Waals surface area (Å²) in [6.45, 7) is 0. The van der Waals surface area contributed by atoms with Gasteiger partial charge in [-0.3, -0.25) is 5.32 Å². The third-order valence-corrected chi connectivity index (χ3v) is 3.92. The number of nitrogens with zero attached hydrogens (tertiary/aromatic N) is 2. The molecule has 0 aliphatic heterocycles. The molecule has 2 N–H and O–H groups in total. The summed E-state index contributed by atoms with van der Waals surface area (Å²) < 4.78 is 5.10. The number of benzene rings is 1. The van der Waals surface area contributed by atoms with Gasteiger partial charge >= 0.3 is 6.03 Å². The Morgan fingerprint density at radius 2 is 2.20 bits per heavy atom. The molecule has 3 rings (SSSR count). The Hall–Kier alpha value is -2.15. The molecule has 0 saturated heterocycles. The largest absolute Gasteiger partial charge is 0.497 e. The number of methoxy groups -OCH3 is 1. The van der Waals surface area contributed by atoms with Crippen molar-refractivity contribution < 1.29 is 9.53 Å². The van der Waals surface area contributed by atoms with Gasteiger partial charge in [0.15, 0.2) is 0 Å². The van der Waals surface area contributed by atoms with Crippen LogP contribution in [0.4, 0.5) is 15.6 Å².